The molecule has 1 N–H and O–H groups in total. The van der Waals surface area contributed by atoms with Crippen molar-refractivity contribution in [3.8, 4) is 10.6 Å². The van der Waals surface area contributed by atoms with Crippen LogP contribution in [0.15, 0.2) is 29.6 Å². The van der Waals surface area contributed by atoms with Gasteiger partial charge >= 0.3 is 6.03 Å². The van der Waals surface area contributed by atoms with E-state index >= 15 is 0 Å². The van der Waals surface area contributed by atoms with E-state index in [4.69, 9.17) is 0 Å². The predicted molar refractivity (Wildman–Crippen MR) is 105 cm³/mol. The lowest BCUT2D eigenvalue weighted by Crippen LogP contribution is -2.48. The minimum atomic E-state index is -3.12. The first-order valence-electron chi connectivity index (χ1n) is 8.60. The number of rotatable bonds is 4. The molecule has 1 aromatic heterocycles. The van der Waals surface area contributed by atoms with E-state index in [0.717, 1.165) is 35.5 Å². The first-order valence-corrected chi connectivity index (χ1v) is 11.5. The van der Waals surface area contributed by atoms with Gasteiger partial charge in [0, 0.05) is 41.2 Å². The van der Waals surface area contributed by atoms with Gasteiger partial charge in [-0.1, -0.05) is 0 Å². The van der Waals surface area contributed by atoms with Crippen molar-refractivity contribution < 1.29 is 13.2 Å². The minimum absolute atomic E-state index is 0.0166. The number of nitrogens with one attached hydrogen (secondary N) is 1. The molecule has 2 aromatic rings. The van der Waals surface area contributed by atoms with Gasteiger partial charge < -0.3 is 10.2 Å². The van der Waals surface area contributed by atoms with Crippen LogP contribution in [0.2, 0.25) is 0 Å². The second-order valence-electron chi connectivity index (χ2n) is 6.74. The van der Waals surface area contributed by atoms with Crippen LogP contribution in [0.1, 0.15) is 25.0 Å². The molecular weight excluding hydrogens is 370 g/mol. The Morgan fingerprint density at radius 2 is 2.04 bits per heavy atom. The number of urea groups is 1. The van der Waals surface area contributed by atoms with Crippen molar-refractivity contribution in [1.29, 1.82) is 0 Å². The number of likely N-dealkylation sites (tertiary alicyclic amines) is 1. The summed E-state index contributed by atoms with van der Waals surface area (Å²) < 4.78 is 23.3. The number of aryl methyl sites for hydroxylation is 1. The topological polar surface area (TPSA) is 79.4 Å². The molecule has 1 aliphatic heterocycles. The molecule has 0 radical (unpaired) electrons. The molecule has 1 fully saturated rings. The average Bonchev–Trinajstić information content (AvgIpc) is 3.01. The number of benzene rings is 1. The Morgan fingerprint density at radius 3 is 2.65 bits per heavy atom. The van der Waals surface area contributed by atoms with Crippen LogP contribution in [-0.4, -0.2) is 48.9 Å². The fourth-order valence-corrected chi connectivity index (χ4v) is 5.02. The number of aromatic nitrogens is 1. The zero-order valence-electron chi connectivity index (χ0n) is 14.9. The molecule has 8 heteroatoms. The lowest BCUT2D eigenvalue weighted by molar-refractivity contribution is 0.171. The van der Waals surface area contributed by atoms with Crippen molar-refractivity contribution >= 4 is 32.9 Å². The number of carbonyl (C=O) groups is 1. The molecular formula is C18H23N3O3S2. The Labute approximate surface area is 158 Å². The van der Waals surface area contributed by atoms with Gasteiger partial charge in [0.15, 0.2) is 0 Å². The van der Waals surface area contributed by atoms with Crippen LogP contribution >= 0.6 is 11.3 Å². The minimum Gasteiger partial charge on any atom is -0.321 e. The number of amides is 2. The maximum absolute atomic E-state index is 12.6. The smallest absolute Gasteiger partial charge is 0.321 e. The van der Waals surface area contributed by atoms with Crippen LogP contribution in [0, 0.1) is 6.92 Å². The van der Waals surface area contributed by atoms with Crippen LogP contribution < -0.4 is 5.32 Å². The molecule has 2 heterocycles. The third-order valence-corrected chi connectivity index (χ3v) is 6.38. The molecule has 1 atom stereocenters. The van der Waals surface area contributed by atoms with Crippen molar-refractivity contribution in [2.24, 2.45) is 0 Å². The largest absolute Gasteiger partial charge is 0.322 e. The van der Waals surface area contributed by atoms with E-state index in [1.54, 1.807) is 16.2 Å². The van der Waals surface area contributed by atoms with Gasteiger partial charge in [0.2, 0.25) is 0 Å². The number of sulfone groups is 1. The fourth-order valence-electron chi connectivity index (χ4n) is 3.17. The maximum Gasteiger partial charge on any atom is 0.322 e. The molecule has 26 heavy (non-hydrogen) atoms. The molecule has 1 aliphatic rings. The van der Waals surface area contributed by atoms with Gasteiger partial charge in [-0.3, -0.25) is 0 Å². The fraction of sp³-hybridized carbons (Fsp3) is 0.444. The molecule has 0 bridgehead atoms. The first-order chi connectivity index (χ1) is 12.3. The monoisotopic (exact) mass is 393 g/mol. The Morgan fingerprint density at radius 1 is 1.31 bits per heavy atom. The van der Waals surface area contributed by atoms with E-state index in [1.165, 1.54) is 6.26 Å². The molecule has 140 valence electrons. The molecule has 0 aliphatic carbocycles. The molecule has 1 unspecified atom stereocenters. The number of piperidine rings is 1. The highest BCUT2D eigenvalue weighted by molar-refractivity contribution is 7.90. The van der Waals surface area contributed by atoms with Crippen molar-refractivity contribution in [2.75, 3.05) is 23.9 Å². The van der Waals surface area contributed by atoms with E-state index < -0.39 is 9.84 Å². The van der Waals surface area contributed by atoms with Gasteiger partial charge in [0.25, 0.3) is 0 Å². The van der Waals surface area contributed by atoms with Gasteiger partial charge in [-0.25, -0.2) is 18.2 Å². The molecule has 3 rings (SSSR count). The summed E-state index contributed by atoms with van der Waals surface area (Å²) in [7, 11) is -3.12. The maximum atomic E-state index is 12.6. The standard InChI is InChI=1S/C18H23N3O3S2/c1-13-11-25-17(19-13)14-6-8-15(9-7-14)20-18(22)21-10-4-3-5-16(21)12-26(2,23)24/h6-9,11,16H,3-5,10,12H2,1-2H3,(H,20,22). The second kappa shape index (κ2) is 7.75. The lowest BCUT2D eigenvalue weighted by atomic mass is 10.0. The summed E-state index contributed by atoms with van der Waals surface area (Å²) in [5.41, 5.74) is 2.69. The molecule has 0 spiro atoms. The summed E-state index contributed by atoms with van der Waals surface area (Å²) in [5.74, 6) is 0.0166. The van der Waals surface area contributed by atoms with E-state index in [1.807, 2.05) is 36.6 Å². The molecule has 0 saturated carbocycles. The Balaban J connectivity index is 1.68. The summed E-state index contributed by atoms with van der Waals surface area (Å²) in [6.07, 6.45) is 3.79. The van der Waals surface area contributed by atoms with Crippen molar-refractivity contribution in [3.05, 3.63) is 35.3 Å². The van der Waals surface area contributed by atoms with Gasteiger partial charge in [0.1, 0.15) is 14.8 Å². The Hall–Kier alpha value is -1.93. The van der Waals surface area contributed by atoms with Crippen LogP contribution in [0.3, 0.4) is 0 Å². The lowest BCUT2D eigenvalue weighted by Gasteiger charge is -2.35. The van der Waals surface area contributed by atoms with Gasteiger partial charge in [-0.2, -0.15) is 0 Å². The Kier molecular flexibility index (Phi) is 5.62. The number of hydrogen-bond acceptors (Lipinski definition) is 5. The summed E-state index contributed by atoms with van der Waals surface area (Å²) in [6, 6.07) is 7.06. The van der Waals surface area contributed by atoms with Crippen LogP contribution in [0.4, 0.5) is 10.5 Å². The highest BCUT2D eigenvalue weighted by Crippen LogP contribution is 2.25. The number of nitrogens with zero attached hydrogens (tertiary/aromatic N) is 2. The SMILES string of the molecule is Cc1csc(-c2ccc(NC(=O)N3CCCCC3CS(C)(=O)=O)cc2)n1. The van der Waals surface area contributed by atoms with E-state index in [2.05, 4.69) is 10.3 Å². The average molecular weight is 394 g/mol. The van der Waals surface area contributed by atoms with E-state index in [-0.39, 0.29) is 17.8 Å². The van der Waals surface area contributed by atoms with Crippen molar-refractivity contribution in [2.45, 2.75) is 32.2 Å². The number of anilines is 1. The number of thiazole rings is 1. The summed E-state index contributed by atoms with van der Waals surface area (Å²) in [6.45, 7) is 2.54. The summed E-state index contributed by atoms with van der Waals surface area (Å²) in [4.78, 5) is 18.7. The highest BCUT2D eigenvalue weighted by Gasteiger charge is 2.29. The summed E-state index contributed by atoms with van der Waals surface area (Å²) in [5, 5.41) is 5.84. The zero-order valence-corrected chi connectivity index (χ0v) is 16.6. The zero-order chi connectivity index (χ0) is 18.7. The van der Waals surface area contributed by atoms with Crippen molar-refractivity contribution in [3.63, 3.8) is 0 Å². The summed E-state index contributed by atoms with van der Waals surface area (Å²) >= 11 is 1.59. The Bertz CT molecular complexity index is 875. The van der Waals surface area contributed by atoms with Crippen LogP contribution in [0.25, 0.3) is 10.6 Å². The molecule has 2 amide bonds. The first kappa shape index (κ1) is 18.8. The van der Waals surface area contributed by atoms with Gasteiger partial charge in [0.05, 0.1) is 5.75 Å². The van der Waals surface area contributed by atoms with Crippen LogP contribution in [-0.2, 0) is 9.84 Å². The molecule has 1 saturated heterocycles. The number of carbonyl (C=O) groups excluding carboxylic acids is 1. The number of hydrogen-bond donors (Lipinski definition) is 1. The quantitative estimate of drug-likeness (QED) is 0.861. The normalized spacial score (nSPS) is 17.9. The second-order valence-corrected chi connectivity index (χ2v) is 9.78. The highest BCUT2D eigenvalue weighted by atomic mass is 32.2. The van der Waals surface area contributed by atoms with E-state index in [0.29, 0.717) is 12.2 Å². The van der Waals surface area contributed by atoms with E-state index in [9.17, 15) is 13.2 Å². The third kappa shape index (κ3) is 4.82. The van der Waals surface area contributed by atoms with Gasteiger partial charge in [-0.15, -0.1) is 11.3 Å². The molecule has 6 nitrogen and oxygen atoms in total. The molecule has 1 aromatic carbocycles. The van der Waals surface area contributed by atoms with Crippen molar-refractivity contribution in [1.82, 2.24) is 9.88 Å². The third-order valence-electron chi connectivity index (χ3n) is 4.39. The van der Waals surface area contributed by atoms with Crippen LogP contribution in [0.5, 0.6) is 0 Å². The predicted octanol–water partition coefficient (Wildman–Crippen LogP) is 3.55. The van der Waals surface area contributed by atoms with Gasteiger partial charge in [-0.05, 0) is 50.5 Å².